The first-order chi connectivity index (χ1) is 8.60. The van der Waals surface area contributed by atoms with Crippen molar-refractivity contribution in [3.05, 3.63) is 11.1 Å². The van der Waals surface area contributed by atoms with E-state index in [9.17, 15) is 9.59 Å². The van der Waals surface area contributed by atoms with Gasteiger partial charge >= 0.3 is 5.97 Å². The zero-order valence-corrected chi connectivity index (χ0v) is 11.9. The number of nitrogens with two attached hydrogens (primary N) is 1. The van der Waals surface area contributed by atoms with E-state index in [0.717, 1.165) is 4.88 Å². The van der Waals surface area contributed by atoms with Crippen LogP contribution in [-0.2, 0) is 20.9 Å². The predicted octanol–water partition coefficient (Wildman–Crippen LogP) is -0.380. The van der Waals surface area contributed by atoms with Gasteiger partial charge in [0.2, 0.25) is 5.91 Å². The molecular formula is C10H15ClN4O3S. The normalized spacial score (nSPS) is 19.4. The van der Waals surface area contributed by atoms with Gasteiger partial charge in [-0.05, 0) is 0 Å². The monoisotopic (exact) mass is 306 g/mol. The number of nitrogens with zero attached hydrogens (tertiary/aromatic N) is 2. The number of rotatable bonds is 3. The van der Waals surface area contributed by atoms with Crippen LogP contribution in [0.5, 0.6) is 0 Å². The quantitative estimate of drug-likeness (QED) is 0.739. The van der Waals surface area contributed by atoms with Crippen molar-refractivity contribution in [1.82, 2.24) is 15.2 Å². The van der Waals surface area contributed by atoms with Crippen LogP contribution in [0.1, 0.15) is 4.88 Å². The second kappa shape index (κ2) is 6.69. The first-order valence-corrected chi connectivity index (χ1v) is 6.20. The molecule has 1 aliphatic heterocycles. The zero-order valence-electron chi connectivity index (χ0n) is 10.3. The lowest BCUT2D eigenvalue weighted by Crippen LogP contribution is -2.57. The van der Waals surface area contributed by atoms with Crippen molar-refractivity contribution < 1.29 is 14.3 Å². The van der Waals surface area contributed by atoms with E-state index in [1.54, 1.807) is 11.1 Å². The molecule has 0 radical (unpaired) electrons. The summed E-state index contributed by atoms with van der Waals surface area (Å²) in [6.45, 7) is 0.888. The van der Waals surface area contributed by atoms with Crippen molar-refractivity contribution in [2.45, 2.75) is 12.6 Å². The van der Waals surface area contributed by atoms with Gasteiger partial charge in [0.1, 0.15) is 6.04 Å². The second-order valence-corrected chi connectivity index (χ2v) is 5.06. The Morgan fingerprint density at radius 1 is 1.74 bits per heavy atom. The van der Waals surface area contributed by atoms with Crippen LogP contribution in [0.15, 0.2) is 6.20 Å². The molecule has 2 rings (SSSR count). The second-order valence-electron chi connectivity index (χ2n) is 3.91. The van der Waals surface area contributed by atoms with E-state index in [0.29, 0.717) is 11.7 Å². The molecule has 9 heteroatoms. The molecule has 1 atom stereocenters. The molecule has 106 valence electrons. The molecule has 7 nitrogen and oxygen atoms in total. The highest BCUT2D eigenvalue weighted by molar-refractivity contribution is 7.15. The maximum atomic E-state index is 11.6. The fraction of sp³-hybridized carbons (Fsp3) is 0.500. The Morgan fingerprint density at radius 2 is 2.47 bits per heavy atom. The van der Waals surface area contributed by atoms with Gasteiger partial charge in [0.25, 0.3) is 0 Å². The number of ether oxygens (including phenoxy) is 1. The summed E-state index contributed by atoms with van der Waals surface area (Å²) in [6.07, 6.45) is 1.65. The standard InChI is InChI=1S/C10H14N4O3S.ClH/c1-17-9(16)7-3-12-8(15)5-14(7)4-6-2-13-10(11)18-6;/h2,7H,3-5H2,1H3,(H2,11,13)(H,12,15);1H. The Labute approximate surface area is 120 Å². The third-order valence-electron chi connectivity index (χ3n) is 2.68. The summed E-state index contributed by atoms with van der Waals surface area (Å²) < 4.78 is 4.73. The molecule has 1 aromatic rings. The number of aromatic nitrogens is 1. The smallest absolute Gasteiger partial charge is 0.324 e. The summed E-state index contributed by atoms with van der Waals surface area (Å²) >= 11 is 1.35. The van der Waals surface area contributed by atoms with Crippen molar-refractivity contribution in [2.75, 3.05) is 25.9 Å². The van der Waals surface area contributed by atoms with Gasteiger partial charge in [-0.2, -0.15) is 0 Å². The molecule has 0 aliphatic carbocycles. The van der Waals surface area contributed by atoms with Crippen molar-refractivity contribution >= 4 is 40.8 Å². The van der Waals surface area contributed by atoms with Gasteiger partial charge in [0, 0.05) is 24.2 Å². The lowest BCUT2D eigenvalue weighted by molar-refractivity contribution is -0.149. The number of amides is 1. The van der Waals surface area contributed by atoms with Crippen molar-refractivity contribution in [2.24, 2.45) is 0 Å². The van der Waals surface area contributed by atoms with Gasteiger partial charge < -0.3 is 15.8 Å². The highest BCUT2D eigenvalue weighted by Crippen LogP contribution is 2.19. The van der Waals surface area contributed by atoms with Gasteiger partial charge in [-0.1, -0.05) is 0 Å². The van der Waals surface area contributed by atoms with E-state index < -0.39 is 6.04 Å². The minimum absolute atomic E-state index is 0. The Balaban J connectivity index is 0.00000180. The molecule has 1 aliphatic rings. The number of esters is 1. The lowest BCUT2D eigenvalue weighted by atomic mass is 10.2. The highest BCUT2D eigenvalue weighted by Gasteiger charge is 2.32. The molecule has 1 amide bonds. The van der Waals surface area contributed by atoms with E-state index in [4.69, 9.17) is 10.5 Å². The maximum absolute atomic E-state index is 11.6. The minimum atomic E-state index is -0.462. The topological polar surface area (TPSA) is 97.5 Å². The number of nitrogens with one attached hydrogen (secondary N) is 1. The summed E-state index contributed by atoms with van der Waals surface area (Å²) in [4.78, 5) is 29.6. The summed E-state index contributed by atoms with van der Waals surface area (Å²) in [5, 5.41) is 3.12. The lowest BCUT2D eigenvalue weighted by Gasteiger charge is -2.32. The molecule has 0 bridgehead atoms. The van der Waals surface area contributed by atoms with Crippen molar-refractivity contribution in [3.8, 4) is 0 Å². The van der Waals surface area contributed by atoms with Crippen LogP contribution >= 0.6 is 23.7 Å². The number of carbonyl (C=O) groups excluding carboxylic acids is 2. The average Bonchev–Trinajstić information content (AvgIpc) is 2.74. The number of thiazole rings is 1. The van der Waals surface area contributed by atoms with Crippen molar-refractivity contribution in [3.63, 3.8) is 0 Å². The van der Waals surface area contributed by atoms with Crippen LogP contribution in [0.4, 0.5) is 5.13 Å². The first-order valence-electron chi connectivity index (χ1n) is 5.39. The fourth-order valence-electron chi connectivity index (χ4n) is 1.82. The zero-order chi connectivity index (χ0) is 13.1. The van der Waals surface area contributed by atoms with Gasteiger partial charge in [0.05, 0.1) is 13.7 Å². The number of methoxy groups -OCH3 is 1. The molecule has 1 aromatic heterocycles. The average molecular weight is 307 g/mol. The van der Waals surface area contributed by atoms with Gasteiger partial charge in [-0.3, -0.25) is 14.5 Å². The maximum Gasteiger partial charge on any atom is 0.324 e. The Bertz CT molecular complexity index is 467. The fourth-order valence-corrected chi connectivity index (χ4v) is 2.53. The molecule has 1 unspecified atom stereocenters. The summed E-state index contributed by atoms with van der Waals surface area (Å²) in [5.41, 5.74) is 5.55. The van der Waals surface area contributed by atoms with E-state index in [1.807, 2.05) is 0 Å². The van der Waals surface area contributed by atoms with Crippen LogP contribution < -0.4 is 11.1 Å². The summed E-state index contributed by atoms with van der Waals surface area (Å²) in [7, 11) is 1.33. The Hall–Kier alpha value is -1.38. The molecule has 1 saturated heterocycles. The summed E-state index contributed by atoms with van der Waals surface area (Å²) in [6, 6.07) is -0.462. The number of carbonyl (C=O) groups is 2. The highest BCUT2D eigenvalue weighted by atomic mass is 35.5. The van der Waals surface area contributed by atoms with Crippen LogP contribution in [0.2, 0.25) is 0 Å². The van der Waals surface area contributed by atoms with E-state index in [-0.39, 0.29) is 37.4 Å². The number of hydrogen-bond acceptors (Lipinski definition) is 7. The SMILES string of the molecule is COC(=O)C1CNC(=O)CN1Cc1cnc(N)s1.Cl. The largest absolute Gasteiger partial charge is 0.468 e. The molecule has 2 heterocycles. The number of piperazine rings is 1. The third-order valence-corrected chi connectivity index (χ3v) is 3.49. The van der Waals surface area contributed by atoms with Gasteiger partial charge in [-0.25, -0.2) is 4.98 Å². The molecule has 19 heavy (non-hydrogen) atoms. The van der Waals surface area contributed by atoms with E-state index >= 15 is 0 Å². The van der Waals surface area contributed by atoms with Gasteiger partial charge in [-0.15, -0.1) is 23.7 Å². The Morgan fingerprint density at radius 3 is 3.05 bits per heavy atom. The van der Waals surface area contributed by atoms with Crippen LogP contribution in [0.3, 0.4) is 0 Å². The summed E-state index contributed by atoms with van der Waals surface area (Å²) in [5.74, 6) is -0.458. The van der Waals surface area contributed by atoms with Crippen LogP contribution in [-0.4, -0.2) is 48.0 Å². The molecule has 3 N–H and O–H groups in total. The number of halogens is 1. The van der Waals surface area contributed by atoms with Crippen LogP contribution in [0.25, 0.3) is 0 Å². The third kappa shape index (κ3) is 3.79. The van der Waals surface area contributed by atoms with E-state index in [2.05, 4.69) is 10.3 Å². The molecular weight excluding hydrogens is 292 g/mol. The molecule has 1 fully saturated rings. The Kier molecular flexibility index (Phi) is 5.52. The number of hydrogen-bond donors (Lipinski definition) is 2. The molecule has 0 aromatic carbocycles. The first kappa shape index (κ1) is 15.7. The van der Waals surface area contributed by atoms with Gasteiger partial charge in [0.15, 0.2) is 5.13 Å². The number of nitrogen functional groups attached to an aromatic ring is 1. The predicted molar refractivity (Wildman–Crippen MR) is 73.0 cm³/mol. The molecule has 0 saturated carbocycles. The molecule has 0 spiro atoms. The number of anilines is 1. The van der Waals surface area contributed by atoms with Crippen LogP contribution in [0, 0.1) is 0 Å². The van der Waals surface area contributed by atoms with E-state index in [1.165, 1.54) is 18.4 Å². The van der Waals surface area contributed by atoms with Crippen molar-refractivity contribution in [1.29, 1.82) is 0 Å². The minimum Gasteiger partial charge on any atom is -0.468 e.